The first-order chi connectivity index (χ1) is 13.6. The number of amides is 1. The van der Waals surface area contributed by atoms with Crippen molar-refractivity contribution in [3.8, 4) is 17.0 Å². The van der Waals surface area contributed by atoms with Gasteiger partial charge in [0.25, 0.3) is 5.91 Å². The fourth-order valence-electron chi connectivity index (χ4n) is 3.00. The van der Waals surface area contributed by atoms with Gasteiger partial charge in [-0.3, -0.25) is 4.79 Å². The van der Waals surface area contributed by atoms with Gasteiger partial charge in [-0.15, -0.1) is 0 Å². The first-order valence-electron chi connectivity index (χ1n) is 9.54. The van der Waals surface area contributed by atoms with E-state index in [0.717, 1.165) is 28.6 Å². The summed E-state index contributed by atoms with van der Waals surface area (Å²) in [4.78, 5) is 17.2. The number of hydrogen-bond acceptors (Lipinski definition) is 4. The number of aromatic nitrogens is 1. The molecule has 0 bridgehead atoms. The number of aryl methyl sites for hydroxylation is 1. The van der Waals surface area contributed by atoms with Crippen molar-refractivity contribution in [3.63, 3.8) is 0 Å². The van der Waals surface area contributed by atoms with E-state index in [1.54, 1.807) is 13.2 Å². The highest BCUT2D eigenvalue weighted by Gasteiger charge is 2.12. The number of hydrogen-bond donors (Lipinski definition) is 1. The second kappa shape index (κ2) is 9.33. The number of carbonyl (C=O) groups excluding carboxylic acids is 1. The Kier molecular flexibility index (Phi) is 6.61. The van der Waals surface area contributed by atoms with Gasteiger partial charge in [-0.2, -0.15) is 0 Å². The van der Waals surface area contributed by atoms with Gasteiger partial charge in [-0.25, -0.2) is 4.98 Å². The lowest BCUT2D eigenvalue weighted by atomic mass is 10.1. The number of nitrogens with zero attached hydrogens (tertiary/aromatic N) is 1. The molecule has 28 heavy (non-hydrogen) atoms. The van der Waals surface area contributed by atoms with Crippen molar-refractivity contribution in [3.05, 3.63) is 59.7 Å². The minimum atomic E-state index is -0.108. The highest BCUT2D eigenvalue weighted by atomic mass is 16.5. The summed E-state index contributed by atoms with van der Waals surface area (Å²) in [5, 5.41) is 3.74. The Morgan fingerprint density at radius 1 is 1.11 bits per heavy atom. The van der Waals surface area contributed by atoms with E-state index in [4.69, 9.17) is 14.5 Å². The van der Waals surface area contributed by atoms with Crippen molar-refractivity contribution in [1.82, 2.24) is 10.3 Å². The molecule has 0 aliphatic heterocycles. The third-order valence-corrected chi connectivity index (χ3v) is 4.56. The molecule has 0 spiro atoms. The average molecular weight is 378 g/mol. The number of nitrogens with one attached hydrogen (secondary N) is 1. The van der Waals surface area contributed by atoms with Gasteiger partial charge in [0.15, 0.2) is 0 Å². The van der Waals surface area contributed by atoms with Crippen molar-refractivity contribution in [2.45, 2.75) is 20.3 Å². The zero-order valence-electron chi connectivity index (χ0n) is 16.6. The molecule has 5 nitrogen and oxygen atoms in total. The molecule has 3 aromatic rings. The van der Waals surface area contributed by atoms with E-state index < -0.39 is 0 Å². The summed E-state index contributed by atoms with van der Waals surface area (Å²) in [6, 6.07) is 15.6. The molecule has 3 rings (SSSR count). The van der Waals surface area contributed by atoms with E-state index in [-0.39, 0.29) is 5.91 Å². The van der Waals surface area contributed by atoms with Crippen LogP contribution in [0.4, 0.5) is 0 Å². The summed E-state index contributed by atoms with van der Waals surface area (Å²) in [5.74, 6) is 0.592. The molecular formula is C23H26N2O3. The summed E-state index contributed by atoms with van der Waals surface area (Å²) in [7, 11) is 1.63. The lowest BCUT2D eigenvalue weighted by molar-refractivity contribution is 0.0944. The fraction of sp³-hybridized carbons (Fsp3) is 0.304. The minimum Gasteiger partial charge on any atom is -0.496 e. The predicted molar refractivity (Wildman–Crippen MR) is 112 cm³/mol. The Hall–Kier alpha value is -2.92. The lowest BCUT2D eigenvalue weighted by Gasteiger charge is -2.11. The average Bonchev–Trinajstić information content (AvgIpc) is 2.72. The number of ether oxygens (including phenoxy) is 2. The van der Waals surface area contributed by atoms with Crippen molar-refractivity contribution < 1.29 is 14.3 Å². The highest BCUT2D eigenvalue weighted by Crippen LogP contribution is 2.30. The van der Waals surface area contributed by atoms with Crippen LogP contribution in [-0.2, 0) is 4.74 Å². The molecule has 0 atom stereocenters. The molecule has 0 radical (unpaired) electrons. The van der Waals surface area contributed by atoms with Crippen LogP contribution >= 0.6 is 0 Å². The molecule has 0 aliphatic rings. The second-order valence-corrected chi connectivity index (χ2v) is 6.61. The van der Waals surface area contributed by atoms with E-state index >= 15 is 0 Å². The van der Waals surface area contributed by atoms with Gasteiger partial charge in [0, 0.05) is 42.3 Å². The van der Waals surface area contributed by atoms with Gasteiger partial charge >= 0.3 is 0 Å². The smallest absolute Gasteiger partial charge is 0.251 e. The molecule has 1 N–H and O–H groups in total. The monoisotopic (exact) mass is 378 g/mol. The molecule has 0 saturated carbocycles. The van der Waals surface area contributed by atoms with Crippen LogP contribution in [0.5, 0.6) is 5.75 Å². The third-order valence-electron chi connectivity index (χ3n) is 4.56. The van der Waals surface area contributed by atoms with Crippen LogP contribution in [0.2, 0.25) is 0 Å². The zero-order valence-corrected chi connectivity index (χ0v) is 16.6. The van der Waals surface area contributed by atoms with Gasteiger partial charge in [0.05, 0.1) is 18.3 Å². The summed E-state index contributed by atoms with van der Waals surface area (Å²) in [6.07, 6.45) is 0.790. The molecule has 5 heteroatoms. The standard InChI is InChI=1S/C23H26N2O3/c1-4-28-13-5-12-24-23(26)18-10-11-20-19(14-18)22(27-3)15-21(25-20)17-8-6-16(2)7-9-17/h6-11,14-15H,4-5,12-13H2,1-3H3,(H,24,26). The quantitative estimate of drug-likeness (QED) is 0.591. The van der Waals surface area contributed by atoms with Gasteiger partial charge in [-0.1, -0.05) is 29.8 Å². The molecule has 0 aliphatic carbocycles. The predicted octanol–water partition coefficient (Wildman–Crippen LogP) is 4.38. The number of pyridine rings is 1. The maximum Gasteiger partial charge on any atom is 0.251 e. The van der Waals surface area contributed by atoms with Crippen molar-refractivity contribution in [1.29, 1.82) is 0 Å². The molecular weight excluding hydrogens is 352 g/mol. The summed E-state index contributed by atoms with van der Waals surface area (Å²) in [6.45, 7) is 5.93. The molecule has 2 aromatic carbocycles. The Morgan fingerprint density at radius 3 is 2.61 bits per heavy atom. The minimum absolute atomic E-state index is 0.108. The largest absolute Gasteiger partial charge is 0.496 e. The van der Waals surface area contributed by atoms with Crippen LogP contribution in [0.3, 0.4) is 0 Å². The summed E-state index contributed by atoms with van der Waals surface area (Å²) >= 11 is 0. The van der Waals surface area contributed by atoms with Crippen LogP contribution in [0, 0.1) is 6.92 Å². The number of methoxy groups -OCH3 is 1. The number of benzene rings is 2. The number of fused-ring (bicyclic) bond motifs is 1. The number of rotatable bonds is 8. The Morgan fingerprint density at radius 2 is 1.89 bits per heavy atom. The van der Waals surface area contributed by atoms with E-state index in [1.807, 2.05) is 37.3 Å². The van der Waals surface area contributed by atoms with Gasteiger partial charge in [0.1, 0.15) is 5.75 Å². The maximum absolute atomic E-state index is 12.4. The lowest BCUT2D eigenvalue weighted by Crippen LogP contribution is -2.25. The summed E-state index contributed by atoms with van der Waals surface area (Å²) in [5.41, 5.74) is 4.46. The fourth-order valence-corrected chi connectivity index (χ4v) is 3.00. The van der Waals surface area contributed by atoms with Crippen LogP contribution < -0.4 is 10.1 Å². The first kappa shape index (κ1) is 19.8. The summed E-state index contributed by atoms with van der Waals surface area (Å²) < 4.78 is 10.9. The van der Waals surface area contributed by atoms with Gasteiger partial charge in [-0.05, 0) is 38.5 Å². The SMILES string of the molecule is CCOCCCNC(=O)c1ccc2nc(-c3ccc(C)cc3)cc(OC)c2c1. The molecule has 1 heterocycles. The Balaban J connectivity index is 1.84. The molecule has 1 aromatic heterocycles. The normalized spacial score (nSPS) is 10.8. The van der Waals surface area contributed by atoms with Crippen LogP contribution in [-0.4, -0.2) is 37.8 Å². The topological polar surface area (TPSA) is 60.5 Å². The highest BCUT2D eigenvalue weighted by molar-refractivity contribution is 5.99. The van der Waals surface area contributed by atoms with Crippen molar-refractivity contribution >= 4 is 16.8 Å². The van der Waals surface area contributed by atoms with Crippen molar-refractivity contribution in [2.24, 2.45) is 0 Å². The number of carbonyl (C=O) groups is 1. The Bertz CT molecular complexity index is 952. The van der Waals surface area contributed by atoms with Gasteiger partial charge < -0.3 is 14.8 Å². The van der Waals surface area contributed by atoms with E-state index in [0.29, 0.717) is 31.1 Å². The van der Waals surface area contributed by atoms with E-state index in [1.165, 1.54) is 5.56 Å². The molecule has 146 valence electrons. The van der Waals surface area contributed by atoms with Crippen molar-refractivity contribution in [2.75, 3.05) is 26.9 Å². The van der Waals surface area contributed by atoms with Crippen LogP contribution in [0.25, 0.3) is 22.2 Å². The van der Waals surface area contributed by atoms with E-state index in [9.17, 15) is 4.79 Å². The second-order valence-electron chi connectivity index (χ2n) is 6.61. The van der Waals surface area contributed by atoms with Gasteiger partial charge in [0.2, 0.25) is 0 Å². The van der Waals surface area contributed by atoms with E-state index in [2.05, 4.69) is 24.4 Å². The first-order valence-corrected chi connectivity index (χ1v) is 9.54. The molecule has 1 amide bonds. The maximum atomic E-state index is 12.4. The molecule has 0 saturated heterocycles. The molecule has 0 fully saturated rings. The zero-order chi connectivity index (χ0) is 19.9. The molecule has 0 unspecified atom stereocenters. The Labute approximate surface area is 165 Å². The van der Waals surface area contributed by atoms with Crippen LogP contribution in [0.15, 0.2) is 48.5 Å². The third kappa shape index (κ3) is 4.67. The van der Waals surface area contributed by atoms with Crippen LogP contribution in [0.1, 0.15) is 29.3 Å².